The van der Waals surface area contributed by atoms with Crippen LogP contribution in [0.25, 0.3) is 5.78 Å². The Bertz CT molecular complexity index is 1200. The Morgan fingerprint density at radius 3 is 2.82 bits per heavy atom. The summed E-state index contributed by atoms with van der Waals surface area (Å²) >= 11 is 12.3. The summed E-state index contributed by atoms with van der Waals surface area (Å²) in [5.41, 5.74) is 2.44. The van der Waals surface area contributed by atoms with Crippen LogP contribution in [0.15, 0.2) is 36.5 Å². The molecule has 1 aromatic carbocycles. The number of nitrogens with one attached hydrogen (secondary N) is 1. The molecule has 4 aromatic rings. The molecule has 0 radical (unpaired) electrons. The van der Waals surface area contributed by atoms with E-state index in [9.17, 15) is 4.79 Å². The van der Waals surface area contributed by atoms with E-state index in [2.05, 4.69) is 25.5 Å². The van der Waals surface area contributed by atoms with Crippen molar-refractivity contribution in [1.82, 2.24) is 29.4 Å². The molecule has 142 valence electrons. The van der Waals surface area contributed by atoms with Gasteiger partial charge in [-0.15, -0.1) is 5.10 Å². The minimum Gasteiger partial charge on any atom is -0.304 e. The maximum Gasteiger partial charge on any atom is 0.296 e. The second kappa shape index (κ2) is 7.21. The van der Waals surface area contributed by atoms with Gasteiger partial charge in [-0.3, -0.25) is 4.79 Å². The highest BCUT2D eigenvalue weighted by Crippen LogP contribution is 2.26. The first-order valence-corrected chi connectivity index (χ1v) is 9.15. The molecule has 3 heterocycles. The lowest BCUT2D eigenvalue weighted by atomic mass is 10.2. The lowest BCUT2D eigenvalue weighted by Crippen LogP contribution is -2.17. The molecular formula is C18H15Cl2N7O. The lowest BCUT2D eigenvalue weighted by molar-refractivity contribution is 0.101. The molecule has 10 heteroatoms. The van der Waals surface area contributed by atoms with Crippen LogP contribution in [0, 0.1) is 13.8 Å². The first-order chi connectivity index (χ1) is 13.4. The van der Waals surface area contributed by atoms with Gasteiger partial charge in [0.2, 0.25) is 5.82 Å². The molecule has 0 aliphatic carbocycles. The van der Waals surface area contributed by atoms with Crippen LogP contribution in [0.3, 0.4) is 0 Å². The average Bonchev–Trinajstić information content (AvgIpc) is 3.26. The van der Waals surface area contributed by atoms with Gasteiger partial charge in [0.1, 0.15) is 5.82 Å². The molecular weight excluding hydrogens is 401 g/mol. The van der Waals surface area contributed by atoms with Crippen molar-refractivity contribution in [2.24, 2.45) is 0 Å². The molecule has 28 heavy (non-hydrogen) atoms. The van der Waals surface area contributed by atoms with E-state index in [0.29, 0.717) is 28.2 Å². The summed E-state index contributed by atoms with van der Waals surface area (Å²) in [5.74, 6) is 0.429. The van der Waals surface area contributed by atoms with E-state index in [1.807, 2.05) is 32.0 Å². The lowest BCUT2D eigenvalue weighted by Gasteiger charge is -2.10. The highest BCUT2D eigenvalue weighted by Gasteiger charge is 2.17. The van der Waals surface area contributed by atoms with Crippen LogP contribution in [0.2, 0.25) is 10.0 Å². The third-order valence-corrected chi connectivity index (χ3v) is 4.99. The molecule has 0 bridgehead atoms. The SMILES string of the molecule is Cc1cc(C)n2nc(C(=O)Nc3ccnn3Cc3cccc(Cl)c3Cl)nc2n1. The van der Waals surface area contributed by atoms with Gasteiger partial charge in [0.05, 0.1) is 22.8 Å². The van der Waals surface area contributed by atoms with Crippen LogP contribution in [0.5, 0.6) is 0 Å². The van der Waals surface area contributed by atoms with E-state index in [0.717, 1.165) is 17.0 Å². The number of hydrogen-bond donors (Lipinski definition) is 1. The number of aromatic nitrogens is 6. The number of carbonyl (C=O) groups excluding carboxylic acids is 1. The topological polar surface area (TPSA) is 90.0 Å². The molecule has 0 aliphatic rings. The summed E-state index contributed by atoms with van der Waals surface area (Å²) in [4.78, 5) is 21.1. The van der Waals surface area contributed by atoms with Crippen molar-refractivity contribution in [1.29, 1.82) is 0 Å². The van der Waals surface area contributed by atoms with Gasteiger partial charge in [-0.25, -0.2) is 14.2 Å². The Morgan fingerprint density at radius 1 is 1.18 bits per heavy atom. The number of fused-ring (bicyclic) bond motifs is 1. The molecule has 4 rings (SSSR count). The minimum atomic E-state index is -0.457. The van der Waals surface area contributed by atoms with E-state index in [-0.39, 0.29) is 5.82 Å². The standard InChI is InChI=1S/C18H15Cl2N7O/c1-10-8-11(2)27-18(22-10)24-16(25-27)17(28)23-14-6-7-21-26(14)9-12-4-3-5-13(19)15(12)20/h3-8H,9H2,1-2H3,(H,23,28). The number of benzene rings is 1. The molecule has 0 saturated carbocycles. The first kappa shape index (κ1) is 18.4. The summed E-state index contributed by atoms with van der Waals surface area (Å²) in [5, 5.41) is 12.2. The van der Waals surface area contributed by atoms with Crippen molar-refractivity contribution in [2.45, 2.75) is 20.4 Å². The van der Waals surface area contributed by atoms with Crippen molar-refractivity contribution < 1.29 is 4.79 Å². The van der Waals surface area contributed by atoms with Gasteiger partial charge in [0, 0.05) is 17.5 Å². The van der Waals surface area contributed by atoms with E-state index in [4.69, 9.17) is 23.2 Å². The third-order valence-electron chi connectivity index (χ3n) is 4.13. The summed E-state index contributed by atoms with van der Waals surface area (Å²) in [6, 6.07) is 8.92. The second-order valence-electron chi connectivity index (χ2n) is 6.23. The van der Waals surface area contributed by atoms with Crippen molar-refractivity contribution in [3.63, 3.8) is 0 Å². The smallest absolute Gasteiger partial charge is 0.296 e. The van der Waals surface area contributed by atoms with Gasteiger partial charge in [0.25, 0.3) is 11.7 Å². The molecule has 8 nitrogen and oxygen atoms in total. The highest BCUT2D eigenvalue weighted by molar-refractivity contribution is 6.42. The van der Waals surface area contributed by atoms with Crippen LogP contribution >= 0.6 is 23.2 Å². The fourth-order valence-corrected chi connectivity index (χ4v) is 3.21. The molecule has 0 unspecified atom stereocenters. The zero-order chi connectivity index (χ0) is 19.8. The third kappa shape index (κ3) is 3.44. The van der Waals surface area contributed by atoms with Gasteiger partial charge < -0.3 is 5.32 Å². The molecule has 0 atom stereocenters. The molecule has 1 amide bonds. The number of aryl methyl sites for hydroxylation is 2. The predicted octanol–water partition coefficient (Wildman–Crippen LogP) is 3.55. The Balaban J connectivity index is 1.59. The molecule has 0 fully saturated rings. The summed E-state index contributed by atoms with van der Waals surface area (Å²) in [6.45, 7) is 4.09. The largest absolute Gasteiger partial charge is 0.304 e. The molecule has 3 aromatic heterocycles. The van der Waals surface area contributed by atoms with Gasteiger partial charge in [-0.1, -0.05) is 35.3 Å². The van der Waals surface area contributed by atoms with E-state index in [1.54, 1.807) is 23.0 Å². The van der Waals surface area contributed by atoms with Crippen LogP contribution in [-0.4, -0.2) is 35.3 Å². The van der Waals surface area contributed by atoms with E-state index < -0.39 is 5.91 Å². The average molecular weight is 416 g/mol. The summed E-state index contributed by atoms with van der Waals surface area (Å²) in [7, 11) is 0. The Hall–Kier alpha value is -2.97. The fourth-order valence-electron chi connectivity index (χ4n) is 2.83. The van der Waals surface area contributed by atoms with Crippen LogP contribution in [0.1, 0.15) is 27.6 Å². The van der Waals surface area contributed by atoms with Crippen molar-refractivity contribution >= 4 is 40.7 Å². The molecule has 0 aliphatic heterocycles. The van der Waals surface area contributed by atoms with Gasteiger partial charge >= 0.3 is 0 Å². The first-order valence-electron chi connectivity index (χ1n) is 8.39. The van der Waals surface area contributed by atoms with Gasteiger partial charge in [-0.05, 0) is 31.5 Å². The van der Waals surface area contributed by atoms with Crippen LogP contribution in [0.4, 0.5) is 5.82 Å². The number of anilines is 1. The molecule has 0 spiro atoms. The fraction of sp³-hybridized carbons (Fsp3) is 0.167. The number of nitrogens with zero attached hydrogens (tertiary/aromatic N) is 6. The minimum absolute atomic E-state index is 0.0229. The van der Waals surface area contributed by atoms with Gasteiger partial charge in [0.15, 0.2) is 0 Å². The van der Waals surface area contributed by atoms with Crippen molar-refractivity contribution in [3.8, 4) is 0 Å². The van der Waals surface area contributed by atoms with Crippen LogP contribution in [-0.2, 0) is 6.54 Å². The predicted molar refractivity (Wildman–Crippen MR) is 106 cm³/mol. The number of rotatable bonds is 4. The zero-order valence-electron chi connectivity index (χ0n) is 15.0. The number of hydrogen-bond acceptors (Lipinski definition) is 5. The highest BCUT2D eigenvalue weighted by atomic mass is 35.5. The van der Waals surface area contributed by atoms with Crippen molar-refractivity contribution in [2.75, 3.05) is 5.32 Å². The van der Waals surface area contributed by atoms with E-state index in [1.165, 1.54) is 4.52 Å². The Kier molecular flexibility index (Phi) is 4.74. The molecule has 0 saturated heterocycles. The zero-order valence-corrected chi connectivity index (χ0v) is 16.5. The Labute approximate surface area is 170 Å². The summed E-state index contributed by atoms with van der Waals surface area (Å²) < 4.78 is 3.14. The molecule has 1 N–H and O–H groups in total. The van der Waals surface area contributed by atoms with Crippen molar-refractivity contribution in [3.05, 3.63) is 69.3 Å². The maximum atomic E-state index is 12.6. The quantitative estimate of drug-likeness (QED) is 0.550. The number of carbonyl (C=O) groups is 1. The maximum absolute atomic E-state index is 12.6. The van der Waals surface area contributed by atoms with Gasteiger partial charge in [-0.2, -0.15) is 10.1 Å². The van der Waals surface area contributed by atoms with Crippen LogP contribution < -0.4 is 5.32 Å². The normalized spacial score (nSPS) is 11.1. The summed E-state index contributed by atoms with van der Waals surface area (Å²) in [6.07, 6.45) is 1.58. The monoisotopic (exact) mass is 415 g/mol. The Morgan fingerprint density at radius 2 is 2.00 bits per heavy atom. The van der Waals surface area contributed by atoms with E-state index >= 15 is 0 Å². The number of amides is 1. The second-order valence-corrected chi connectivity index (χ2v) is 7.01. The number of halogens is 2.